The van der Waals surface area contributed by atoms with Crippen LogP contribution in [0.3, 0.4) is 0 Å². The van der Waals surface area contributed by atoms with E-state index >= 15 is 0 Å². The van der Waals surface area contributed by atoms with Gasteiger partial charge in [-0.1, -0.05) is 41.9 Å². The zero-order valence-electron chi connectivity index (χ0n) is 11.2. The van der Waals surface area contributed by atoms with Gasteiger partial charge < -0.3 is 5.32 Å². The van der Waals surface area contributed by atoms with E-state index in [1.807, 2.05) is 43.4 Å². The first-order valence-electron chi connectivity index (χ1n) is 6.57. The molecular formula is C17H15ClN2. The van der Waals surface area contributed by atoms with E-state index in [1.54, 1.807) is 0 Å². The fourth-order valence-electron chi connectivity index (χ4n) is 2.36. The molecule has 0 unspecified atom stereocenters. The van der Waals surface area contributed by atoms with Gasteiger partial charge in [-0.05, 0) is 36.9 Å². The zero-order valence-corrected chi connectivity index (χ0v) is 12.0. The Morgan fingerprint density at radius 1 is 1.05 bits per heavy atom. The topological polar surface area (TPSA) is 24.9 Å². The number of para-hydroxylation sites is 1. The third-order valence-electron chi connectivity index (χ3n) is 3.31. The molecular weight excluding hydrogens is 268 g/mol. The van der Waals surface area contributed by atoms with E-state index in [2.05, 4.69) is 23.5 Å². The van der Waals surface area contributed by atoms with Crippen molar-refractivity contribution < 1.29 is 0 Å². The quantitative estimate of drug-likeness (QED) is 0.776. The molecule has 0 saturated carbocycles. The van der Waals surface area contributed by atoms with Crippen LogP contribution in [0.25, 0.3) is 22.2 Å². The van der Waals surface area contributed by atoms with E-state index in [-0.39, 0.29) is 0 Å². The molecule has 0 aliphatic rings. The second-order valence-corrected chi connectivity index (χ2v) is 5.16. The maximum absolute atomic E-state index is 6.09. The summed E-state index contributed by atoms with van der Waals surface area (Å²) in [6.45, 7) is 0.768. The van der Waals surface area contributed by atoms with Crippen LogP contribution in [0.4, 0.5) is 0 Å². The number of halogens is 1. The van der Waals surface area contributed by atoms with Crippen LogP contribution in [0.1, 0.15) is 5.56 Å². The molecule has 0 fully saturated rings. The third-order valence-corrected chi connectivity index (χ3v) is 3.54. The Labute approximate surface area is 123 Å². The largest absolute Gasteiger partial charge is 0.316 e. The Kier molecular flexibility index (Phi) is 3.68. The Bertz CT molecular complexity index is 753. The van der Waals surface area contributed by atoms with Gasteiger partial charge in [0, 0.05) is 22.5 Å². The normalized spacial score (nSPS) is 10.9. The number of pyridine rings is 1. The summed E-state index contributed by atoms with van der Waals surface area (Å²) in [5.41, 5.74) is 4.26. The molecule has 0 radical (unpaired) electrons. The molecule has 1 N–H and O–H groups in total. The summed E-state index contributed by atoms with van der Waals surface area (Å²) in [6, 6.07) is 18.2. The second-order valence-electron chi connectivity index (χ2n) is 4.72. The second kappa shape index (κ2) is 5.61. The van der Waals surface area contributed by atoms with Crippen LogP contribution >= 0.6 is 11.6 Å². The minimum absolute atomic E-state index is 0.750. The van der Waals surface area contributed by atoms with E-state index in [9.17, 15) is 0 Å². The van der Waals surface area contributed by atoms with Crippen molar-refractivity contribution in [2.75, 3.05) is 7.05 Å². The first kappa shape index (κ1) is 13.1. The van der Waals surface area contributed by atoms with Crippen LogP contribution in [-0.4, -0.2) is 12.0 Å². The molecule has 2 nitrogen and oxygen atoms in total. The monoisotopic (exact) mass is 282 g/mol. The van der Waals surface area contributed by atoms with E-state index in [4.69, 9.17) is 16.6 Å². The maximum Gasteiger partial charge on any atom is 0.0713 e. The molecule has 1 aromatic heterocycles. The number of nitrogens with one attached hydrogen (secondary N) is 1. The van der Waals surface area contributed by atoms with Gasteiger partial charge in [0.2, 0.25) is 0 Å². The highest BCUT2D eigenvalue weighted by Gasteiger charge is 2.07. The molecule has 0 aliphatic carbocycles. The molecule has 20 heavy (non-hydrogen) atoms. The first-order valence-corrected chi connectivity index (χ1v) is 6.95. The number of nitrogens with zero attached hydrogens (tertiary/aromatic N) is 1. The van der Waals surface area contributed by atoms with E-state index in [1.165, 1.54) is 0 Å². The van der Waals surface area contributed by atoms with Crippen molar-refractivity contribution in [1.82, 2.24) is 10.3 Å². The fourth-order valence-corrected chi connectivity index (χ4v) is 2.56. The summed E-state index contributed by atoms with van der Waals surface area (Å²) in [5.74, 6) is 0. The minimum atomic E-state index is 0.750. The Hall–Kier alpha value is -1.90. The van der Waals surface area contributed by atoms with Gasteiger partial charge in [0.05, 0.1) is 11.2 Å². The van der Waals surface area contributed by atoms with E-state index in [0.29, 0.717) is 0 Å². The molecule has 0 spiro atoms. The summed E-state index contributed by atoms with van der Waals surface area (Å²) in [4.78, 5) is 4.75. The molecule has 100 valence electrons. The van der Waals surface area contributed by atoms with Gasteiger partial charge in [-0.15, -0.1) is 0 Å². The Morgan fingerprint density at radius 3 is 2.75 bits per heavy atom. The lowest BCUT2D eigenvalue weighted by molar-refractivity contribution is 0.819. The molecule has 0 bridgehead atoms. The molecule has 3 heteroatoms. The molecule has 0 saturated heterocycles. The van der Waals surface area contributed by atoms with Crippen LogP contribution in [0.2, 0.25) is 5.02 Å². The van der Waals surface area contributed by atoms with Gasteiger partial charge in [-0.2, -0.15) is 0 Å². The lowest BCUT2D eigenvalue weighted by Crippen LogP contribution is -2.06. The highest BCUT2D eigenvalue weighted by atomic mass is 35.5. The maximum atomic E-state index is 6.09. The van der Waals surface area contributed by atoms with Gasteiger partial charge in [0.25, 0.3) is 0 Å². The fraction of sp³-hybridized carbons (Fsp3) is 0.118. The van der Waals surface area contributed by atoms with Crippen LogP contribution in [0.15, 0.2) is 54.6 Å². The number of rotatable bonds is 3. The van der Waals surface area contributed by atoms with Gasteiger partial charge in [-0.3, -0.25) is 0 Å². The standard InChI is InChI=1S/C17H15ClN2/c1-19-11-13-10-14(18)7-8-15(13)17-9-6-12-4-2-3-5-16(12)20-17/h2-10,19H,11H2,1H3. The number of aromatic nitrogens is 1. The van der Waals surface area contributed by atoms with Crippen molar-refractivity contribution in [2.45, 2.75) is 6.54 Å². The van der Waals surface area contributed by atoms with Crippen molar-refractivity contribution >= 4 is 22.5 Å². The number of hydrogen-bond acceptors (Lipinski definition) is 2. The van der Waals surface area contributed by atoms with Crippen molar-refractivity contribution in [3.8, 4) is 11.3 Å². The van der Waals surface area contributed by atoms with Gasteiger partial charge in [0.15, 0.2) is 0 Å². The summed E-state index contributed by atoms with van der Waals surface area (Å²) in [7, 11) is 1.93. The lowest BCUT2D eigenvalue weighted by Gasteiger charge is -2.10. The number of benzene rings is 2. The summed E-state index contributed by atoms with van der Waals surface area (Å²) < 4.78 is 0. The number of fused-ring (bicyclic) bond motifs is 1. The van der Waals surface area contributed by atoms with Crippen LogP contribution in [0, 0.1) is 0 Å². The van der Waals surface area contributed by atoms with Crippen molar-refractivity contribution in [2.24, 2.45) is 0 Å². The molecule has 3 aromatic rings. The molecule has 3 rings (SSSR count). The zero-order chi connectivity index (χ0) is 13.9. The molecule has 0 amide bonds. The molecule has 2 aromatic carbocycles. The van der Waals surface area contributed by atoms with E-state index < -0.39 is 0 Å². The first-order chi connectivity index (χ1) is 9.78. The minimum Gasteiger partial charge on any atom is -0.316 e. The SMILES string of the molecule is CNCc1cc(Cl)ccc1-c1ccc2ccccc2n1. The Balaban J connectivity index is 2.14. The third kappa shape index (κ3) is 2.53. The average molecular weight is 283 g/mol. The van der Waals surface area contributed by atoms with Crippen molar-refractivity contribution in [3.05, 3.63) is 65.2 Å². The lowest BCUT2D eigenvalue weighted by atomic mass is 10.0. The predicted molar refractivity (Wildman–Crippen MR) is 85.0 cm³/mol. The summed E-state index contributed by atoms with van der Waals surface area (Å²) in [6.07, 6.45) is 0. The molecule has 0 aliphatic heterocycles. The molecule has 0 atom stereocenters. The Morgan fingerprint density at radius 2 is 1.90 bits per heavy atom. The summed E-state index contributed by atoms with van der Waals surface area (Å²) in [5, 5.41) is 5.08. The highest BCUT2D eigenvalue weighted by molar-refractivity contribution is 6.30. The number of hydrogen-bond donors (Lipinski definition) is 1. The van der Waals surface area contributed by atoms with Crippen LogP contribution < -0.4 is 5.32 Å². The molecule has 1 heterocycles. The van der Waals surface area contributed by atoms with Crippen LogP contribution in [0.5, 0.6) is 0 Å². The average Bonchev–Trinajstić information content (AvgIpc) is 2.47. The predicted octanol–water partition coefficient (Wildman–Crippen LogP) is 4.27. The van der Waals surface area contributed by atoms with Gasteiger partial charge >= 0.3 is 0 Å². The summed E-state index contributed by atoms with van der Waals surface area (Å²) >= 11 is 6.09. The van der Waals surface area contributed by atoms with Crippen molar-refractivity contribution in [3.63, 3.8) is 0 Å². The smallest absolute Gasteiger partial charge is 0.0713 e. The highest BCUT2D eigenvalue weighted by Crippen LogP contribution is 2.26. The van der Waals surface area contributed by atoms with Crippen LogP contribution in [-0.2, 0) is 6.54 Å². The van der Waals surface area contributed by atoms with Gasteiger partial charge in [0.1, 0.15) is 0 Å². The van der Waals surface area contributed by atoms with Gasteiger partial charge in [-0.25, -0.2) is 4.98 Å². The van der Waals surface area contributed by atoms with Crippen molar-refractivity contribution in [1.29, 1.82) is 0 Å². The van der Waals surface area contributed by atoms with E-state index in [0.717, 1.165) is 39.3 Å².